The smallest absolute Gasteiger partial charge is 0.178 e. The summed E-state index contributed by atoms with van der Waals surface area (Å²) in [6.07, 6.45) is 2.14. The average molecular weight is 231 g/mol. The van der Waals surface area contributed by atoms with Gasteiger partial charge in [-0.05, 0) is 31.0 Å². The molecule has 0 atom stereocenters. The molecule has 3 nitrogen and oxygen atoms in total. The fourth-order valence-corrected chi connectivity index (χ4v) is 2.53. The van der Waals surface area contributed by atoms with Crippen LogP contribution in [0.3, 0.4) is 0 Å². The first-order valence-electron chi connectivity index (χ1n) is 4.64. The van der Waals surface area contributed by atoms with Gasteiger partial charge in [-0.1, -0.05) is 12.1 Å². The van der Waals surface area contributed by atoms with E-state index in [-0.39, 0.29) is 4.90 Å². The Labute approximate surface area is 89.0 Å². The third kappa shape index (κ3) is 3.00. The van der Waals surface area contributed by atoms with Crippen molar-refractivity contribution >= 4 is 9.84 Å². The summed E-state index contributed by atoms with van der Waals surface area (Å²) in [5, 5.41) is 0. The molecule has 0 radical (unpaired) electrons. The van der Waals surface area contributed by atoms with Crippen LogP contribution in [0.4, 0.5) is 4.39 Å². The number of hydrogen-bond donors (Lipinski definition) is 1. The first kappa shape index (κ1) is 12.1. The first-order chi connectivity index (χ1) is 6.96. The molecule has 0 aliphatic carbocycles. The molecule has 0 aliphatic rings. The second-order valence-corrected chi connectivity index (χ2v) is 5.35. The normalized spacial score (nSPS) is 11.7. The lowest BCUT2D eigenvalue weighted by atomic mass is 10.1. The van der Waals surface area contributed by atoms with Gasteiger partial charge in [0.2, 0.25) is 0 Å². The van der Waals surface area contributed by atoms with E-state index in [1.165, 1.54) is 6.07 Å². The maximum Gasteiger partial charge on any atom is 0.178 e. The average Bonchev–Trinajstić information content (AvgIpc) is 2.12. The molecule has 0 aromatic heterocycles. The zero-order chi connectivity index (χ0) is 11.5. The van der Waals surface area contributed by atoms with Gasteiger partial charge in [0, 0.05) is 6.26 Å². The standard InChI is InChI=1S/C10H14FNO2S/c1-15(13,14)10-8(5-3-7-12)4-2-6-9(10)11/h2,4,6H,3,5,7,12H2,1H3. The zero-order valence-electron chi connectivity index (χ0n) is 8.53. The van der Waals surface area contributed by atoms with Crippen molar-refractivity contribution in [2.75, 3.05) is 12.8 Å². The third-order valence-corrected chi connectivity index (χ3v) is 3.27. The highest BCUT2D eigenvalue weighted by Crippen LogP contribution is 2.20. The molecular weight excluding hydrogens is 217 g/mol. The minimum Gasteiger partial charge on any atom is -0.330 e. The highest BCUT2D eigenvalue weighted by Gasteiger charge is 2.17. The van der Waals surface area contributed by atoms with Crippen LogP contribution in [0, 0.1) is 5.82 Å². The molecule has 0 fully saturated rings. The second-order valence-electron chi connectivity index (χ2n) is 3.39. The number of nitrogens with two attached hydrogens (primary N) is 1. The van der Waals surface area contributed by atoms with E-state index in [9.17, 15) is 12.8 Å². The molecule has 1 aromatic rings. The van der Waals surface area contributed by atoms with Crippen LogP contribution < -0.4 is 5.73 Å². The van der Waals surface area contributed by atoms with Crippen molar-refractivity contribution < 1.29 is 12.8 Å². The lowest BCUT2D eigenvalue weighted by molar-refractivity contribution is 0.565. The van der Waals surface area contributed by atoms with E-state index in [0.29, 0.717) is 24.9 Å². The minimum absolute atomic E-state index is 0.196. The molecule has 0 aliphatic heterocycles. The lowest BCUT2D eigenvalue weighted by Crippen LogP contribution is -2.08. The van der Waals surface area contributed by atoms with E-state index in [0.717, 1.165) is 12.3 Å². The summed E-state index contributed by atoms with van der Waals surface area (Å²) in [4.78, 5) is -0.196. The van der Waals surface area contributed by atoms with Gasteiger partial charge < -0.3 is 5.73 Å². The van der Waals surface area contributed by atoms with E-state index in [1.54, 1.807) is 6.07 Å². The van der Waals surface area contributed by atoms with Gasteiger partial charge in [0.15, 0.2) is 9.84 Å². The summed E-state index contributed by atoms with van der Waals surface area (Å²) in [5.41, 5.74) is 5.83. The van der Waals surface area contributed by atoms with Crippen LogP contribution in [0.15, 0.2) is 23.1 Å². The SMILES string of the molecule is CS(=O)(=O)c1c(F)cccc1CCCN. The molecule has 0 spiro atoms. The van der Waals surface area contributed by atoms with Gasteiger partial charge in [-0.2, -0.15) is 0 Å². The molecule has 0 bridgehead atoms. The fourth-order valence-electron chi connectivity index (χ4n) is 1.46. The van der Waals surface area contributed by atoms with Crippen molar-refractivity contribution in [2.45, 2.75) is 17.7 Å². The Morgan fingerprint density at radius 1 is 1.40 bits per heavy atom. The van der Waals surface area contributed by atoms with Crippen molar-refractivity contribution in [3.05, 3.63) is 29.6 Å². The summed E-state index contributed by atoms with van der Waals surface area (Å²) in [5.74, 6) is -0.688. The summed E-state index contributed by atoms with van der Waals surface area (Å²) in [6.45, 7) is 0.458. The lowest BCUT2D eigenvalue weighted by Gasteiger charge is -2.07. The van der Waals surface area contributed by atoms with Crippen molar-refractivity contribution in [3.63, 3.8) is 0 Å². The van der Waals surface area contributed by atoms with E-state index >= 15 is 0 Å². The van der Waals surface area contributed by atoms with E-state index in [4.69, 9.17) is 5.73 Å². The van der Waals surface area contributed by atoms with Crippen LogP contribution in [0.1, 0.15) is 12.0 Å². The minimum atomic E-state index is -3.51. The van der Waals surface area contributed by atoms with Crippen LogP contribution in [0.25, 0.3) is 0 Å². The van der Waals surface area contributed by atoms with Gasteiger partial charge in [-0.15, -0.1) is 0 Å². The molecule has 0 unspecified atom stereocenters. The predicted molar refractivity (Wildman–Crippen MR) is 56.9 cm³/mol. The Morgan fingerprint density at radius 3 is 2.60 bits per heavy atom. The number of aryl methyl sites for hydroxylation is 1. The largest absolute Gasteiger partial charge is 0.330 e. The molecule has 0 saturated heterocycles. The van der Waals surface area contributed by atoms with E-state index in [2.05, 4.69) is 0 Å². The molecule has 0 heterocycles. The Kier molecular flexibility index (Phi) is 3.82. The zero-order valence-corrected chi connectivity index (χ0v) is 9.35. The molecule has 1 rings (SSSR count). The van der Waals surface area contributed by atoms with E-state index < -0.39 is 15.7 Å². The molecule has 1 aromatic carbocycles. The summed E-state index contributed by atoms with van der Waals surface area (Å²) >= 11 is 0. The monoisotopic (exact) mass is 231 g/mol. The number of sulfone groups is 1. The van der Waals surface area contributed by atoms with Crippen molar-refractivity contribution in [3.8, 4) is 0 Å². The van der Waals surface area contributed by atoms with Gasteiger partial charge in [0.05, 0.1) is 0 Å². The first-order valence-corrected chi connectivity index (χ1v) is 6.53. The quantitative estimate of drug-likeness (QED) is 0.844. The molecule has 0 saturated carbocycles. The Hall–Kier alpha value is -0.940. The topological polar surface area (TPSA) is 60.2 Å². The molecule has 2 N–H and O–H groups in total. The van der Waals surface area contributed by atoms with Gasteiger partial charge >= 0.3 is 0 Å². The van der Waals surface area contributed by atoms with Gasteiger partial charge in [-0.3, -0.25) is 0 Å². The van der Waals surface area contributed by atoms with Crippen LogP contribution in [0.5, 0.6) is 0 Å². The van der Waals surface area contributed by atoms with Crippen molar-refractivity contribution in [2.24, 2.45) is 5.73 Å². The van der Waals surface area contributed by atoms with Crippen molar-refractivity contribution in [1.29, 1.82) is 0 Å². The molecular formula is C10H14FNO2S. The highest BCUT2D eigenvalue weighted by molar-refractivity contribution is 7.90. The summed E-state index contributed by atoms with van der Waals surface area (Å²) in [7, 11) is -3.51. The summed E-state index contributed by atoms with van der Waals surface area (Å²) < 4.78 is 36.1. The maximum atomic E-state index is 13.4. The predicted octanol–water partition coefficient (Wildman–Crippen LogP) is 1.12. The van der Waals surface area contributed by atoms with Crippen molar-refractivity contribution in [1.82, 2.24) is 0 Å². The van der Waals surface area contributed by atoms with Crippen LogP contribution >= 0.6 is 0 Å². The number of halogens is 1. The number of benzene rings is 1. The third-order valence-electron chi connectivity index (χ3n) is 2.07. The van der Waals surface area contributed by atoms with Gasteiger partial charge in [-0.25, -0.2) is 12.8 Å². The molecule has 15 heavy (non-hydrogen) atoms. The van der Waals surface area contributed by atoms with Gasteiger partial charge in [0.25, 0.3) is 0 Å². The molecule has 84 valence electrons. The maximum absolute atomic E-state index is 13.4. The van der Waals surface area contributed by atoms with Crippen LogP contribution in [-0.2, 0) is 16.3 Å². The van der Waals surface area contributed by atoms with Crippen LogP contribution in [-0.4, -0.2) is 21.2 Å². The Bertz CT molecular complexity index is 443. The number of rotatable bonds is 4. The highest BCUT2D eigenvalue weighted by atomic mass is 32.2. The molecule has 0 amide bonds. The Balaban J connectivity index is 3.21. The second kappa shape index (κ2) is 4.72. The Morgan fingerprint density at radius 2 is 2.07 bits per heavy atom. The fraction of sp³-hybridized carbons (Fsp3) is 0.400. The number of hydrogen-bond acceptors (Lipinski definition) is 3. The summed E-state index contributed by atoms with van der Waals surface area (Å²) in [6, 6.07) is 4.29. The van der Waals surface area contributed by atoms with Gasteiger partial charge in [0.1, 0.15) is 10.7 Å². The van der Waals surface area contributed by atoms with E-state index in [1.807, 2.05) is 0 Å². The van der Waals surface area contributed by atoms with Crippen LogP contribution in [0.2, 0.25) is 0 Å². The molecule has 5 heteroatoms.